The van der Waals surface area contributed by atoms with Crippen LogP contribution in [0.15, 0.2) is 40.2 Å². The van der Waals surface area contributed by atoms with Crippen LogP contribution in [0, 0.1) is 0 Å². The topological polar surface area (TPSA) is 12.0 Å². The molecule has 0 aliphatic carbocycles. The van der Waals surface area contributed by atoms with Crippen LogP contribution in [0.5, 0.6) is 0 Å². The van der Waals surface area contributed by atoms with Gasteiger partial charge in [-0.05, 0) is 35.6 Å². The first-order valence-electron chi connectivity index (χ1n) is 6.41. The Morgan fingerprint density at radius 3 is 2.84 bits per heavy atom. The molecule has 4 heteroatoms. The number of hydrogen-bond acceptors (Lipinski definition) is 2. The SMILES string of the molecule is CCCC(NCc1ccc(Cl)cc1Br)c1cccs1. The first kappa shape index (κ1) is 15.0. The summed E-state index contributed by atoms with van der Waals surface area (Å²) in [5, 5.41) is 6.54. The van der Waals surface area contributed by atoms with Crippen molar-refractivity contribution in [2.24, 2.45) is 0 Å². The van der Waals surface area contributed by atoms with Crippen LogP contribution in [0.4, 0.5) is 0 Å². The molecule has 1 aromatic carbocycles. The summed E-state index contributed by atoms with van der Waals surface area (Å²) >= 11 is 11.3. The molecule has 1 nitrogen and oxygen atoms in total. The maximum atomic E-state index is 5.96. The largest absolute Gasteiger partial charge is 0.305 e. The van der Waals surface area contributed by atoms with E-state index in [0.717, 1.165) is 22.5 Å². The van der Waals surface area contributed by atoms with E-state index in [1.165, 1.54) is 16.9 Å². The van der Waals surface area contributed by atoms with Gasteiger partial charge in [-0.2, -0.15) is 0 Å². The number of rotatable bonds is 6. The van der Waals surface area contributed by atoms with Crippen LogP contribution in [0.1, 0.15) is 36.2 Å². The average molecular weight is 359 g/mol. The Morgan fingerprint density at radius 1 is 1.37 bits per heavy atom. The fourth-order valence-corrected chi connectivity index (χ4v) is 3.68. The molecule has 19 heavy (non-hydrogen) atoms. The summed E-state index contributed by atoms with van der Waals surface area (Å²) in [5.74, 6) is 0. The van der Waals surface area contributed by atoms with Crippen molar-refractivity contribution in [1.82, 2.24) is 5.32 Å². The van der Waals surface area contributed by atoms with Crippen molar-refractivity contribution in [3.63, 3.8) is 0 Å². The van der Waals surface area contributed by atoms with Crippen molar-refractivity contribution in [1.29, 1.82) is 0 Å². The van der Waals surface area contributed by atoms with E-state index in [2.05, 4.69) is 51.7 Å². The Kier molecular flexibility index (Phi) is 5.89. The molecular formula is C15H17BrClNS. The first-order chi connectivity index (χ1) is 9.20. The van der Waals surface area contributed by atoms with Crippen molar-refractivity contribution in [2.75, 3.05) is 0 Å². The van der Waals surface area contributed by atoms with E-state index >= 15 is 0 Å². The number of hydrogen-bond donors (Lipinski definition) is 1. The third-order valence-corrected chi connectivity index (χ3v) is 4.98. The lowest BCUT2D eigenvalue weighted by Crippen LogP contribution is -2.20. The van der Waals surface area contributed by atoms with Crippen LogP contribution in [0.3, 0.4) is 0 Å². The molecule has 0 amide bonds. The molecule has 2 rings (SSSR count). The molecule has 1 N–H and O–H groups in total. The summed E-state index contributed by atoms with van der Waals surface area (Å²) < 4.78 is 1.06. The molecule has 2 aromatic rings. The van der Waals surface area contributed by atoms with Gasteiger partial charge in [0.1, 0.15) is 0 Å². The van der Waals surface area contributed by atoms with Crippen LogP contribution in [-0.4, -0.2) is 0 Å². The third-order valence-electron chi connectivity index (χ3n) is 3.02. The Labute approximate surface area is 132 Å². The van der Waals surface area contributed by atoms with Gasteiger partial charge in [-0.3, -0.25) is 0 Å². The Balaban J connectivity index is 2.02. The molecule has 1 atom stereocenters. The number of halogens is 2. The second kappa shape index (κ2) is 7.44. The lowest BCUT2D eigenvalue weighted by Gasteiger charge is -2.17. The maximum Gasteiger partial charge on any atom is 0.0417 e. The summed E-state index contributed by atoms with van der Waals surface area (Å²) in [7, 11) is 0. The second-order valence-corrected chi connectivity index (χ2v) is 6.74. The Bertz CT molecular complexity index is 513. The fourth-order valence-electron chi connectivity index (χ4n) is 2.02. The van der Waals surface area contributed by atoms with E-state index in [1.807, 2.05) is 23.5 Å². The van der Waals surface area contributed by atoms with E-state index in [4.69, 9.17) is 11.6 Å². The number of nitrogens with one attached hydrogen (secondary N) is 1. The molecule has 0 radical (unpaired) electrons. The summed E-state index contributed by atoms with van der Waals surface area (Å²) in [5.41, 5.74) is 1.24. The van der Waals surface area contributed by atoms with E-state index < -0.39 is 0 Å². The molecule has 0 aliphatic rings. The van der Waals surface area contributed by atoms with Crippen LogP contribution in [0.25, 0.3) is 0 Å². The molecule has 1 unspecified atom stereocenters. The van der Waals surface area contributed by atoms with Crippen molar-refractivity contribution in [3.05, 3.63) is 55.6 Å². The minimum atomic E-state index is 0.438. The Hall–Kier alpha value is -0.350. The average Bonchev–Trinajstić information content (AvgIpc) is 2.90. The maximum absolute atomic E-state index is 5.96. The number of thiophene rings is 1. The van der Waals surface area contributed by atoms with Crippen molar-refractivity contribution in [2.45, 2.75) is 32.4 Å². The molecule has 1 heterocycles. The van der Waals surface area contributed by atoms with Gasteiger partial charge < -0.3 is 5.32 Å². The van der Waals surface area contributed by atoms with E-state index in [0.29, 0.717) is 6.04 Å². The molecular weight excluding hydrogens is 342 g/mol. The zero-order valence-electron chi connectivity index (χ0n) is 10.8. The summed E-state index contributed by atoms with van der Waals surface area (Å²) in [6.45, 7) is 3.07. The Morgan fingerprint density at radius 2 is 2.21 bits per heavy atom. The van der Waals surface area contributed by atoms with Gasteiger partial charge in [0.05, 0.1) is 0 Å². The molecule has 0 aliphatic heterocycles. The van der Waals surface area contributed by atoms with Crippen LogP contribution in [0.2, 0.25) is 5.02 Å². The standard InChI is InChI=1S/C15H17BrClNS/c1-2-4-14(15-5-3-8-19-15)18-10-11-6-7-12(17)9-13(11)16/h3,5-9,14,18H,2,4,10H2,1H3. The van der Waals surface area contributed by atoms with Crippen molar-refractivity contribution >= 4 is 38.9 Å². The predicted molar refractivity (Wildman–Crippen MR) is 88.0 cm³/mol. The van der Waals surface area contributed by atoms with E-state index in [1.54, 1.807) is 0 Å². The summed E-state index contributed by atoms with van der Waals surface area (Å²) in [4.78, 5) is 1.41. The van der Waals surface area contributed by atoms with E-state index in [-0.39, 0.29) is 0 Å². The lowest BCUT2D eigenvalue weighted by molar-refractivity contribution is 0.500. The minimum absolute atomic E-state index is 0.438. The normalized spacial score (nSPS) is 12.6. The van der Waals surface area contributed by atoms with Crippen LogP contribution >= 0.6 is 38.9 Å². The zero-order valence-corrected chi connectivity index (χ0v) is 14.0. The van der Waals surface area contributed by atoms with Gasteiger partial charge in [0.2, 0.25) is 0 Å². The fraction of sp³-hybridized carbons (Fsp3) is 0.333. The molecule has 0 saturated carbocycles. The third kappa shape index (κ3) is 4.32. The van der Waals surface area contributed by atoms with Crippen molar-refractivity contribution < 1.29 is 0 Å². The van der Waals surface area contributed by atoms with E-state index in [9.17, 15) is 0 Å². The van der Waals surface area contributed by atoms with Gasteiger partial charge in [-0.25, -0.2) is 0 Å². The highest BCUT2D eigenvalue weighted by Crippen LogP contribution is 2.26. The highest BCUT2D eigenvalue weighted by Gasteiger charge is 2.11. The second-order valence-electron chi connectivity index (χ2n) is 4.47. The van der Waals surface area contributed by atoms with Gasteiger partial charge in [0.25, 0.3) is 0 Å². The quantitative estimate of drug-likeness (QED) is 0.688. The first-order valence-corrected chi connectivity index (χ1v) is 8.46. The monoisotopic (exact) mass is 357 g/mol. The molecule has 0 fully saturated rings. The predicted octanol–water partition coefficient (Wildman–Crippen LogP) is 5.80. The van der Waals surface area contributed by atoms with Crippen LogP contribution in [-0.2, 0) is 6.54 Å². The minimum Gasteiger partial charge on any atom is -0.305 e. The van der Waals surface area contributed by atoms with Gasteiger partial charge in [0.15, 0.2) is 0 Å². The molecule has 0 saturated heterocycles. The zero-order chi connectivity index (χ0) is 13.7. The smallest absolute Gasteiger partial charge is 0.0417 e. The van der Waals surface area contributed by atoms with Crippen LogP contribution < -0.4 is 5.32 Å². The molecule has 0 bridgehead atoms. The lowest BCUT2D eigenvalue weighted by atomic mass is 10.1. The summed E-state index contributed by atoms with van der Waals surface area (Å²) in [6.07, 6.45) is 2.34. The van der Waals surface area contributed by atoms with Crippen molar-refractivity contribution in [3.8, 4) is 0 Å². The molecule has 102 valence electrons. The highest BCUT2D eigenvalue weighted by molar-refractivity contribution is 9.10. The number of benzene rings is 1. The van der Waals surface area contributed by atoms with Gasteiger partial charge in [-0.15, -0.1) is 11.3 Å². The summed E-state index contributed by atoms with van der Waals surface area (Å²) in [6, 6.07) is 10.7. The van der Waals surface area contributed by atoms with Gasteiger partial charge in [-0.1, -0.05) is 53.0 Å². The van der Waals surface area contributed by atoms with Gasteiger partial charge in [0, 0.05) is 27.0 Å². The highest BCUT2D eigenvalue weighted by atomic mass is 79.9. The molecule has 0 spiro atoms. The van der Waals surface area contributed by atoms with Gasteiger partial charge >= 0.3 is 0 Å². The molecule has 1 aromatic heterocycles.